The highest BCUT2D eigenvalue weighted by molar-refractivity contribution is 5.35. The van der Waals surface area contributed by atoms with Crippen molar-refractivity contribution in [1.82, 2.24) is 14.0 Å². The molecule has 2 N–H and O–H groups in total. The average Bonchev–Trinajstić information content (AvgIpc) is 3.65. The van der Waals surface area contributed by atoms with E-state index in [0.717, 1.165) is 27.3 Å². The van der Waals surface area contributed by atoms with Gasteiger partial charge in [0.2, 0.25) is 0 Å². The quantitative estimate of drug-likeness (QED) is 0.358. The third-order valence-corrected chi connectivity index (χ3v) is 9.08. The maximum Gasteiger partial charge on any atom is 0.425 e. The van der Waals surface area contributed by atoms with Crippen molar-refractivity contribution in [1.29, 1.82) is 0 Å². The maximum atomic E-state index is 15.0. The topological polar surface area (TPSA) is 91.7 Å². The van der Waals surface area contributed by atoms with Crippen LogP contribution in [0.25, 0.3) is 0 Å². The molecule has 47 heavy (non-hydrogen) atoms. The smallest absolute Gasteiger partial charge is 0.425 e. The molecule has 3 aliphatic heterocycles. The summed E-state index contributed by atoms with van der Waals surface area (Å²) < 4.78 is 109. The van der Waals surface area contributed by atoms with Crippen LogP contribution >= 0.6 is 0 Å². The van der Waals surface area contributed by atoms with Crippen molar-refractivity contribution in [2.45, 2.75) is 69.1 Å². The normalized spacial score (nSPS) is 20.3. The lowest BCUT2D eigenvalue weighted by Crippen LogP contribution is -2.50. The first-order chi connectivity index (χ1) is 22.2. The molecule has 6 rings (SSSR count). The van der Waals surface area contributed by atoms with Gasteiger partial charge in [-0.25, -0.2) is 9.18 Å². The Hall–Kier alpha value is -3.95. The summed E-state index contributed by atoms with van der Waals surface area (Å²) in [5.74, 6) is -0.982. The Morgan fingerprint density at radius 2 is 1.64 bits per heavy atom. The number of halogens is 7. The number of fused-ring (bicyclic) bond motifs is 2. The van der Waals surface area contributed by atoms with Gasteiger partial charge in [0.15, 0.2) is 6.10 Å². The molecular formula is C32H31F7N4O4. The van der Waals surface area contributed by atoms with E-state index in [1.54, 1.807) is 30.3 Å². The number of nitrogens with zero attached hydrogens (tertiary/aromatic N) is 3. The number of alkyl halides is 6. The molecule has 4 heterocycles. The van der Waals surface area contributed by atoms with Crippen LogP contribution in [0.4, 0.5) is 30.7 Å². The van der Waals surface area contributed by atoms with E-state index in [-0.39, 0.29) is 69.1 Å². The molecule has 2 atom stereocenters. The fourth-order valence-electron chi connectivity index (χ4n) is 6.60. The van der Waals surface area contributed by atoms with Gasteiger partial charge in [-0.05, 0) is 36.6 Å². The van der Waals surface area contributed by atoms with E-state index in [9.17, 15) is 40.3 Å². The second-order valence-electron chi connectivity index (χ2n) is 12.0. The Kier molecular flexibility index (Phi) is 8.59. The number of piperidine rings is 1. The summed E-state index contributed by atoms with van der Waals surface area (Å²) in [5.41, 5.74) is 2.18. The number of likely N-dealkylation sites (tertiary alicyclic amines) is 1. The number of aromatic nitrogens is 2. The maximum absolute atomic E-state index is 15.0. The van der Waals surface area contributed by atoms with Crippen LogP contribution in [0.5, 0.6) is 0 Å². The molecule has 0 bridgehead atoms. The summed E-state index contributed by atoms with van der Waals surface area (Å²) in [6.07, 6.45) is -9.81. The highest BCUT2D eigenvalue weighted by Crippen LogP contribution is 2.43. The zero-order valence-corrected chi connectivity index (χ0v) is 24.9. The summed E-state index contributed by atoms with van der Waals surface area (Å²) in [5, 5.41) is 0. The van der Waals surface area contributed by atoms with Crippen LogP contribution < -0.4 is 17.0 Å². The Balaban J connectivity index is 1.36. The second kappa shape index (κ2) is 12.3. The Morgan fingerprint density at radius 3 is 2.28 bits per heavy atom. The van der Waals surface area contributed by atoms with Crippen LogP contribution in [-0.2, 0) is 40.9 Å². The fraction of sp³-hybridized carbons (Fsp3) is 0.438. The van der Waals surface area contributed by atoms with Gasteiger partial charge in [-0.15, -0.1) is 0 Å². The number of hydrogen-bond donors (Lipinski definition) is 1. The number of benzene rings is 2. The van der Waals surface area contributed by atoms with E-state index in [2.05, 4.69) is 0 Å². The predicted molar refractivity (Wildman–Crippen MR) is 155 cm³/mol. The van der Waals surface area contributed by atoms with E-state index in [0.29, 0.717) is 5.56 Å². The molecule has 1 aromatic heterocycles. The number of rotatable bonds is 7. The van der Waals surface area contributed by atoms with Crippen LogP contribution in [0.15, 0.2) is 70.0 Å². The van der Waals surface area contributed by atoms with Gasteiger partial charge in [-0.1, -0.05) is 36.4 Å². The molecule has 252 valence electrons. The minimum atomic E-state index is -4.92. The first-order valence-corrected chi connectivity index (χ1v) is 15.0. The molecule has 8 nitrogen and oxygen atoms in total. The zero-order valence-electron chi connectivity index (χ0n) is 24.9. The standard InChI is InChI=1S/C32H31F7N4O4/c33-23-8-4-7-22(31(34,35)36)21(23)16-42-25-18-46-30(11-13-41(14-12-30)15-20-9-10-26(47-20)32(37,38)39)27(25)28(44)43(29(42)45)17-24(40)19-5-2-1-3-6-19/h1-9,24,26H,10-18,40H2/t24-,26?/m0/s1. The lowest BCUT2D eigenvalue weighted by molar-refractivity contribution is -0.203. The van der Waals surface area contributed by atoms with E-state index >= 15 is 0 Å². The molecule has 1 fully saturated rings. The highest BCUT2D eigenvalue weighted by Gasteiger charge is 2.48. The Labute approximate surface area is 263 Å². The zero-order chi connectivity index (χ0) is 33.7. The summed E-state index contributed by atoms with van der Waals surface area (Å²) in [7, 11) is 0. The van der Waals surface area contributed by atoms with Gasteiger partial charge >= 0.3 is 18.0 Å². The molecule has 1 saturated heterocycles. The fourth-order valence-corrected chi connectivity index (χ4v) is 6.60. The minimum Gasteiger partial charge on any atom is -0.484 e. The van der Waals surface area contributed by atoms with E-state index in [1.807, 2.05) is 4.90 Å². The largest absolute Gasteiger partial charge is 0.484 e. The van der Waals surface area contributed by atoms with E-state index < -0.39 is 64.8 Å². The van der Waals surface area contributed by atoms with Crippen molar-refractivity contribution >= 4 is 0 Å². The highest BCUT2D eigenvalue weighted by atomic mass is 19.4. The van der Waals surface area contributed by atoms with Gasteiger partial charge in [0.1, 0.15) is 17.2 Å². The molecule has 0 aliphatic carbocycles. The Bertz CT molecular complexity index is 1790. The van der Waals surface area contributed by atoms with Crippen molar-refractivity contribution < 1.29 is 40.2 Å². The number of hydrogen-bond acceptors (Lipinski definition) is 6. The van der Waals surface area contributed by atoms with Crippen LogP contribution in [0.2, 0.25) is 0 Å². The van der Waals surface area contributed by atoms with Crippen molar-refractivity contribution in [3.63, 3.8) is 0 Å². The van der Waals surface area contributed by atoms with Crippen LogP contribution in [0.1, 0.15) is 53.3 Å². The molecular weight excluding hydrogens is 637 g/mol. The SMILES string of the molecule is N[C@@H](Cn1c(=O)c2c(n(Cc3c(F)cccc3C(F)(F)F)c1=O)COC21CCN(CC2=CCC(C(F)(F)F)O2)CC1)c1ccccc1. The van der Waals surface area contributed by atoms with E-state index in [1.165, 1.54) is 6.08 Å². The Morgan fingerprint density at radius 1 is 0.936 bits per heavy atom. The molecule has 3 aliphatic rings. The van der Waals surface area contributed by atoms with E-state index in [4.69, 9.17) is 15.2 Å². The minimum absolute atomic E-state index is 0.0456. The summed E-state index contributed by atoms with van der Waals surface area (Å²) in [6.45, 7) is -0.746. The molecule has 0 saturated carbocycles. The number of nitrogens with two attached hydrogens (primary N) is 1. The van der Waals surface area contributed by atoms with Crippen molar-refractivity contribution in [2.24, 2.45) is 5.73 Å². The first kappa shape index (κ1) is 33.0. The monoisotopic (exact) mass is 668 g/mol. The molecule has 0 radical (unpaired) electrons. The molecule has 2 aromatic carbocycles. The van der Waals surface area contributed by atoms with Gasteiger partial charge in [-0.3, -0.25) is 18.8 Å². The molecule has 1 unspecified atom stereocenters. The summed E-state index contributed by atoms with van der Waals surface area (Å²) in [6, 6.07) is 10.3. The number of ether oxygens (including phenoxy) is 2. The average molecular weight is 669 g/mol. The van der Waals surface area contributed by atoms with Gasteiger partial charge in [-0.2, -0.15) is 26.3 Å². The van der Waals surface area contributed by atoms with Gasteiger partial charge < -0.3 is 15.2 Å². The van der Waals surface area contributed by atoms with Gasteiger partial charge in [0.05, 0.1) is 43.1 Å². The van der Waals surface area contributed by atoms with Crippen molar-refractivity contribution in [3.8, 4) is 0 Å². The molecule has 3 aromatic rings. The van der Waals surface area contributed by atoms with Crippen molar-refractivity contribution in [3.05, 3.63) is 115 Å². The predicted octanol–water partition coefficient (Wildman–Crippen LogP) is 4.97. The third kappa shape index (κ3) is 6.35. The first-order valence-electron chi connectivity index (χ1n) is 15.0. The molecule has 0 amide bonds. The van der Waals surface area contributed by atoms with Crippen LogP contribution in [0.3, 0.4) is 0 Å². The van der Waals surface area contributed by atoms with Gasteiger partial charge in [0.25, 0.3) is 5.56 Å². The van der Waals surface area contributed by atoms with Gasteiger partial charge in [0, 0.05) is 31.1 Å². The van der Waals surface area contributed by atoms with Crippen LogP contribution in [0, 0.1) is 5.82 Å². The molecule has 1 spiro atoms. The third-order valence-electron chi connectivity index (χ3n) is 9.08. The summed E-state index contributed by atoms with van der Waals surface area (Å²) in [4.78, 5) is 29.9. The lowest BCUT2D eigenvalue weighted by atomic mass is 9.85. The lowest BCUT2D eigenvalue weighted by Gasteiger charge is -2.39. The second-order valence-corrected chi connectivity index (χ2v) is 12.0. The summed E-state index contributed by atoms with van der Waals surface area (Å²) >= 11 is 0. The molecule has 15 heteroatoms. The van der Waals surface area contributed by atoms with Crippen molar-refractivity contribution in [2.75, 3.05) is 19.6 Å². The van der Waals surface area contributed by atoms with Crippen LogP contribution in [-0.4, -0.2) is 45.9 Å².